The van der Waals surface area contributed by atoms with E-state index in [4.69, 9.17) is 4.74 Å². The minimum absolute atomic E-state index is 0.199. The van der Waals surface area contributed by atoms with Crippen LogP contribution in [0.5, 0.6) is 11.5 Å². The Hall–Kier alpha value is -3.06. The Bertz CT molecular complexity index is 889. The Kier molecular flexibility index (Phi) is 5.70. The van der Waals surface area contributed by atoms with Crippen LogP contribution in [0.1, 0.15) is 10.4 Å². The first-order valence-corrected chi connectivity index (χ1v) is 8.80. The summed E-state index contributed by atoms with van der Waals surface area (Å²) in [6, 6.07) is 12.6. The molecule has 1 aromatic heterocycles. The molecule has 2 N–H and O–H groups in total. The molecular weight excluding hydrogens is 352 g/mol. The highest BCUT2D eigenvalue weighted by atomic mass is 32.2. The van der Waals surface area contributed by atoms with Crippen LogP contribution in [0, 0.1) is 0 Å². The number of aromatic hydroxyl groups is 1. The Balaban J connectivity index is 1.79. The van der Waals surface area contributed by atoms with Crippen LogP contribution < -0.4 is 4.74 Å². The highest BCUT2D eigenvalue weighted by Crippen LogP contribution is 2.35. The third-order valence-corrected chi connectivity index (χ3v) is 4.53. The number of rotatable bonds is 7. The second kappa shape index (κ2) is 8.35. The van der Waals surface area contributed by atoms with E-state index in [1.807, 2.05) is 30.3 Å². The van der Waals surface area contributed by atoms with E-state index in [1.165, 1.54) is 18.5 Å². The number of hydrogen-bond donors (Lipinski definition) is 2. The van der Waals surface area contributed by atoms with Gasteiger partial charge in [0.25, 0.3) is 0 Å². The van der Waals surface area contributed by atoms with Gasteiger partial charge in [-0.2, -0.15) is 0 Å². The number of aromatic carboxylic acids is 1. The molecule has 6 nitrogen and oxygen atoms in total. The molecule has 132 valence electrons. The van der Waals surface area contributed by atoms with Gasteiger partial charge in [0.1, 0.15) is 23.4 Å². The van der Waals surface area contributed by atoms with Gasteiger partial charge in [0, 0.05) is 40.2 Å². The highest BCUT2D eigenvalue weighted by molar-refractivity contribution is 7.99. The van der Waals surface area contributed by atoms with E-state index in [0.29, 0.717) is 29.2 Å². The van der Waals surface area contributed by atoms with Crippen molar-refractivity contribution in [3.63, 3.8) is 0 Å². The average Bonchev–Trinajstić information content (AvgIpc) is 2.66. The maximum Gasteiger partial charge on any atom is 0.339 e. The summed E-state index contributed by atoms with van der Waals surface area (Å²) in [4.78, 5) is 20.3. The largest absolute Gasteiger partial charge is 0.507 e. The number of nitrogens with zero attached hydrogens (tertiary/aromatic N) is 2. The van der Waals surface area contributed by atoms with Crippen LogP contribution in [0.3, 0.4) is 0 Å². The number of phenols is 1. The van der Waals surface area contributed by atoms with E-state index in [0.717, 1.165) is 4.90 Å². The zero-order valence-electron chi connectivity index (χ0n) is 13.7. The first kappa shape index (κ1) is 17.8. The monoisotopic (exact) mass is 368 g/mol. The van der Waals surface area contributed by atoms with E-state index in [9.17, 15) is 15.0 Å². The number of ether oxygens (including phenoxy) is 1. The van der Waals surface area contributed by atoms with Crippen molar-refractivity contribution in [2.75, 3.05) is 12.4 Å². The highest BCUT2D eigenvalue weighted by Gasteiger charge is 2.17. The number of aromatic nitrogens is 2. The van der Waals surface area contributed by atoms with Crippen molar-refractivity contribution in [1.29, 1.82) is 0 Å². The van der Waals surface area contributed by atoms with E-state index in [1.54, 1.807) is 24.2 Å². The van der Waals surface area contributed by atoms with Gasteiger partial charge in [0.2, 0.25) is 0 Å². The number of carboxylic acid groups (broad SMARTS) is 1. The van der Waals surface area contributed by atoms with Crippen molar-refractivity contribution in [1.82, 2.24) is 9.97 Å². The van der Waals surface area contributed by atoms with E-state index >= 15 is 0 Å². The summed E-state index contributed by atoms with van der Waals surface area (Å²) < 4.78 is 5.80. The van der Waals surface area contributed by atoms with Crippen molar-refractivity contribution in [2.24, 2.45) is 0 Å². The standard InChI is InChI=1S/C19H16N2O4S/c22-17-9-18(25-6-7-26-14-4-2-1-3-5-14)15(8-16(17)19(23)24)13-10-20-12-21-11-13/h1-5,8-12,22H,6-7H2,(H,23,24). The maximum absolute atomic E-state index is 11.3. The summed E-state index contributed by atoms with van der Waals surface area (Å²) in [7, 11) is 0. The minimum atomic E-state index is -1.22. The molecule has 0 saturated carbocycles. The van der Waals surface area contributed by atoms with Gasteiger partial charge >= 0.3 is 5.97 Å². The van der Waals surface area contributed by atoms with Crippen molar-refractivity contribution in [3.05, 3.63) is 66.7 Å². The van der Waals surface area contributed by atoms with Crippen LogP contribution in [-0.2, 0) is 0 Å². The summed E-state index contributed by atoms with van der Waals surface area (Å²) in [5, 5.41) is 19.2. The molecule has 3 rings (SSSR count). The molecular formula is C19H16N2O4S. The lowest BCUT2D eigenvalue weighted by molar-refractivity contribution is 0.0693. The lowest BCUT2D eigenvalue weighted by Crippen LogP contribution is -2.04. The summed E-state index contributed by atoms with van der Waals surface area (Å²) in [5.74, 6) is -0.470. The van der Waals surface area contributed by atoms with E-state index < -0.39 is 5.97 Å². The predicted octanol–water partition coefficient (Wildman–Crippen LogP) is 3.72. The Morgan fingerprint density at radius 1 is 1.12 bits per heavy atom. The number of hydrogen-bond acceptors (Lipinski definition) is 6. The van der Waals surface area contributed by atoms with Gasteiger partial charge in [-0.15, -0.1) is 11.8 Å². The molecule has 0 aliphatic carbocycles. The molecule has 1 heterocycles. The van der Waals surface area contributed by atoms with Gasteiger partial charge in [0.15, 0.2) is 0 Å². The fraction of sp³-hybridized carbons (Fsp3) is 0.105. The molecule has 0 atom stereocenters. The van der Waals surface area contributed by atoms with Gasteiger partial charge in [-0.1, -0.05) is 18.2 Å². The summed E-state index contributed by atoms with van der Waals surface area (Å²) in [6.07, 6.45) is 4.52. The fourth-order valence-electron chi connectivity index (χ4n) is 2.35. The topological polar surface area (TPSA) is 92.5 Å². The van der Waals surface area contributed by atoms with Gasteiger partial charge in [-0.25, -0.2) is 14.8 Å². The number of benzene rings is 2. The molecule has 26 heavy (non-hydrogen) atoms. The van der Waals surface area contributed by atoms with Crippen molar-refractivity contribution < 1.29 is 19.7 Å². The summed E-state index contributed by atoms with van der Waals surface area (Å²) in [6.45, 7) is 0.395. The molecule has 0 aliphatic heterocycles. The lowest BCUT2D eigenvalue weighted by Gasteiger charge is -2.13. The normalized spacial score (nSPS) is 10.5. The molecule has 3 aromatic rings. The predicted molar refractivity (Wildman–Crippen MR) is 98.8 cm³/mol. The van der Waals surface area contributed by atoms with Gasteiger partial charge in [-0.3, -0.25) is 0 Å². The van der Waals surface area contributed by atoms with Crippen molar-refractivity contribution >= 4 is 17.7 Å². The molecule has 0 saturated heterocycles. The zero-order valence-corrected chi connectivity index (χ0v) is 14.5. The van der Waals surface area contributed by atoms with Crippen LogP contribution in [0.2, 0.25) is 0 Å². The van der Waals surface area contributed by atoms with E-state index in [2.05, 4.69) is 9.97 Å². The molecule has 0 spiro atoms. The van der Waals surface area contributed by atoms with E-state index in [-0.39, 0.29) is 11.3 Å². The first-order valence-electron chi connectivity index (χ1n) is 7.81. The Morgan fingerprint density at radius 3 is 2.54 bits per heavy atom. The summed E-state index contributed by atoms with van der Waals surface area (Å²) >= 11 is 1.65. The Morgan fingerprint density at radius 2 is 1.85 bits per heavy atom. The second-order valence-corrected chi connectivity index (χ2v) is 6.48. The molecule has 0 fully saturated rings. The van der Waals surface area contributed by atoms with Crippen LogP contribution in [-0.4, -0.2) is 38.5 Å². The maximum atomic E-state index is 11.3. The zero-order chi connectivity index (χ0) is 18.4. The number of carbonyl (C=O) groups is 1. The molecule has 0 aliphatic rings. The first-order chi connectivity index (χ1) is 12.6. The Labute approximate surface area is 154 Å². The fourth-order valence-corrected chi connectivity index (χ4v) is 3.10. The van der Waals surface area contributed by atoms with Crippen LogP contribution in [0.4, 0.5) is 0 Å². The SMILES string of the molecule is O=C(O)c1cc(-c2cncnc2)c(OCCSc2ccccc2)cc1O. The number of thioether (sulfide) groups is 1. The van der Waals surface area contributed by atoms with Crippen LogP contribution in [0.15, 0.2) is 66.1 Å². The third-order valence-electron chi connectivity index (χ3n) is 3.55. The van der Waals surface area contributed by atoms with Gasteiger partial charge in [-0.05, 0) is 18.2 Å². The lowest BCUT2D eigenvalue weighted by atomic mass is 10.0. The smallest absolute Gasteiger partial charge is 0.339 e. The molecule has 0 unspecified atom stereocenters. The molecule has 0 radical (unpaired) electrons. The minimum Gasteiger partial charge on any atom is -0.507 e. The molecule has 7 heteroatoms. The van der Waals surface area contributed by atoms with Crippen LogP contribution in [0.25, 0.3) is 11.1 Å². The van der Waals surface area contributed by atoms with Crippen molar-refractivity contribution in [2.45, 2.75) is 4.90 Å². The average molecular weight is 368 g/mol. The molecule has 0 bridgehead atoms. The number of carboxylic acids is 1. The third kappa shape index (κ3) is 4.31. The van der Waals surface area contributed by atoms with Crippen molar-refractivity contribution in [3.8, 4) is 22.6 Å². The van der Waals surface area contributed by atoms with Crippen LogP contribution >= 0.6 is 11.8 Å². The molecule has 2 aromatic carbocycles. The second-order valence-electron chi connectivity index (χ2n) is 5.31. The van der Waals surface area contributed by atoms with Gasteiger partial charge in [0.05, 0.1) is 6.61 Å². The molecule has 0 amide bonds. The van der Waals surface area contributed by atoms with Gasteiger partial charge < -0.3 is 14.9 Å². The quantitative estimate of drug-likeness (QED) is 0.485. The summed E-state index contributed by atoms with van der Waals surface area (Å²) in [5.41, 5.74) is 0.932.